The first-order valence-electron chi connectivity index (χ1n) is 10.5. The maximum Gasteiger partial charge on any atom is 0.417 e. The quantitative estimate of drug-likeness (QED) is 0.343. The van der Waals surface area contributed by atoms with Gasteiger partial charge in [-0.15, -0.1) is 0 Å². The number of pyridine rings is 1. The van der Waals surface area contributed by atoms with Crippen molar-refractivity contribution < 1.29 is 27.9 Å². The topological polar surface area (TPSA) is 82.5 Å². The van der Waals surface area contributed by atoms with Gasteiger partial charge in [0.15, 0.2) is 5.69 Å². The second kappa shape index (κ2) is 16.8. The Kier molecular flexibility index (Phi) is 15.5. The summed E-state index contributed by atoms with van der Waals surface area (Å²) in [6.07, 6.45) is -2.91. The van der Waals surface area contributed by atoms with Gasteiger partial charge in [0, 0.05) is 37.6 Å². The monoisotopic (exact) mass is 579 g/mol. The van der Waals surface area contributed by atoms with E-state index < -0.39 is 11.7 Å². The highest BCUT2D eigenvalue weighted by Crippen LogP contribution is 2.34. The lowest BCUT2D eigenvalue weighted by atomic mass is 10.1. The molecule has 0 radical (unpaired) electrons. The van der Waals surface area contributed by atoms with Gasteiger partial charge in [-0.2, -0.15) is 13.2 Å². The number of alkyl halides is 3. The number of halogens is 6. The minimum atomic E-state index is -4.36. The molecule has 2 aromatic carbocycles. The number of nitrogens with one attached hydrogen (secondary N) is 1. The number of carbonyl (C=O) groups is 2. The first-order chi connectivity index (χ1) is 17.3. The van der Waals surface area contributed by atoms with E-state index >= 15 is 0 Å². The number of nitrogens with zero attached hydrogens (tertiary/aromatic N) is 2. The molecule has 0 saturated heterocycles. The van der Waals surface area contributed by atoms with E-state index in [-0.39, 0.29) is 17.5 Å². The Morgan fingerprint density at radius 3 is 2.16 bits per heavy atom. The fourth-order valence-electron chi connectivity index (χ4n) is 2.62. The van der Waals surface area contributed by atoms with Gasteiger partial charge in [0.1, 0.15) is 6.79 Å². The summed E-state index contributed by atoms with van der Waals surface area (Å²) in [4.78, 5) is 26.1. The van der Waals surface area contributed by atoms with E-state index in [4.69, 9.17) is 44.7 Å². The lowest BCUT2D eigenvalue weighted by molar-refractivity contribution is -0.137. The highest BCUT2D eigenvalue weighted by molar-refractivity contribution is 6.31. The zero-order valence-corrected chi connectivity index (χ0v) is 22.8. The average molecular weight is 581 g/mol. The number of aromatic nitrogens is 1. The number of aliphatic hydroxyl groups excluding tert-OH is 1. The molecule has 1 amide bonds. The molecule has 0 aliphatic heterocycles. The lowest BCUT2D eigenvalue weighted by Crippen LogP contribution is -2.27. The number of benzene rings is 2. The van der Waals surface area contributed by atoms with Gasteiger partial charge >= 0.3 is 6.18 Å². The molecule has 2 N–H and O–H groups in total. The summed E-state index contributed by atoms with van der Waals surface area (Å²) in [5.74, 6) is -0.242. The molecule has 0 aliphatic rings. The van der Waals surface area contributed by atoms with Crippen molar-refractivity contribution in [3.05, 3.63) is 86.6 Å². The fraction of sp³-hybridized carbons (Fsp3) is 0.240. The Hall–Kier alpha value is -2.85. The Balaban J connectivity index is 0.000000649. The molecule has 0 atom stereocenters. The van der Waals surface area contributed by atoms with Crippen molar-refractivity contribution in [2.75, 3.05) is 30.9 Å². The van der Waals surface area contributed by atoms with E-state index in [9.17, 15) is 18.0 Å². The highest BCUT2D eigenvalue weighted by atomic mass is 35.5. The summed E-state index contributed by atoms with van der Waals surface area (Å²) in [5, 5.41) is 11.3. The van der Waals surface area contributed by atoms with Crippen molar-refractivity contribution in [1.82, 2.24) is 4.98 Å². The van der Waals surface area contributed by atoms with Crippen LogP contribution in [0.25, 0.3) is 0 Å². The summed E-state index contributed by atoms with van der Waals surface area (Å²) in [5.41, 5.74) is 1.35. The summed E-state index contributed by atoms with van der Waals surface area (Å²) < 4.78 is 36.4. The molecule has 3 rings (SSSR count). The number of anilines is 2. The normalized spacial score (nSPS) is 9.92. The van der Waals surface area contributed by atoms with E-state index in [2.05, 4.69) is 10.3 Å². The number of hydrogen-bond donors (Lipinski definition) is 2. The van der Waals surface area contributed by atoms with E-state index in [0.717, 1.165) is 6.07 Å². The van der Waals surface area contributed by atoms with Gasteiger partial charge in [-0.1, -0.05) is 52.5 Å². The van der Waals surface area contributed by atoms with Crippen LogP contribution in [0.2, 0.25) is 15.1 Å². The zero-order valence-electron chi connectivity index (χ0n) is 20.5. The van der Waals surface area contributed by atoms with Gasteiger partial charge in [0.2, 0.25) is 0 Å². The second-order valence-corrected chi connectivity index (χ2v) is 8.22. The third-order valence-electron chi connectivity index (χ3n) is 4.25. The van der Waals surface area contributed by atoms with Gasteiger partial charge in [-0.05, 0) is 50.2 Å². The van der Waals surface area contributed by atoms with E-state index in [1.165, 1.54) is 23.2 Å². The Labute approximate surface area is 229 Å². The van der Waals surface area contributed by atoms with Gasteiger partial charge < -0.3 is 20.1 Å². The Morgan fingerprint density at radius 2 is 1.68 bits per heavy atom. The van der Waals surface area contributed by atoms with Crippen LogP contribution in [0.15, 0.2) is 54.7 Å². The van der Waals surface area contributed by atoms with Crippen molar-refractivity contribution in [3.8, 4) is 0 Å². The lowest BCUT2D eigenvalue weighted by Gasteiger charge is -2.18. The molecule has 1 heterocycles. The van der Waals surface area contributed by atoms with E-state index in [0.29, 0.717) is 32.7 Å². The number of aliphatic hydroxyl groups is 1. The maximum absolute atomic E-state index is 12.5. The van der Waals surface area contributed by atoms with Crippen LogP contribution in [0.5, 0.6) is 0 Å². The summed E-state index contributed by atoms with van der Waals surface area (Å²) in [6, 6.07) is 12.5. The predicted molar refractivity (Wildman–Crippen MR) is 144 cm³/mol. The molecule has 0 bridgehead atoms. The Morgan fingerprint density at radius 1 is 1.08 bits per heavy atom. The number of aryl methyl sites for hydroxylation is 1. The van der Waals surface area contributed by atoms with Gasteiger partial charge in [-0.3, -0.25) is 4.79 Å². The summed E-state index contributed by atoms with van der Waals surface area (Å²) >= 11 is 17.2. The van der Waals surface area contributed by atoms with Crippen molar-refractivity contribution in [3.63, 3.8) is 0 Å². The van der Waals surface area contributed by atoms with Crippen LogP contribution in [-0.4, -0.2) is 43.5 Å². The van der Waals surface area contributed by atoms with E-state index in [1.54, 1.807) is 58.3 Å². The first kappa shape index (κ1) is 34.1. The van der Waals surface area contributed by atoms with Crippen molar-refractivity contribution in [2.45, 2.75) is 20.0 Å². The average Bonchev–Trinajstić information content (AvgIpc) is 2.86. The standard InChI is InChI=1S/C14H13Cl2N3O.C8H6ClF3.C2H6O.CH2O/c1-17-12-7-10(16)8-18-13(12)14(20)19(2)11-5-3-4-9(15)6-11;1-5-2-3-7(9)6(4-5)8(10,11)12;1-2-3;1-2/h3-8,17H,1-2H3;2-4H,1H3;3H,2H2,1H3;1H2. The van der Waals surface area contributed by atoms with Gasteiger partial charge in [-0.25, -0.2) is 4.98 Å². The van der Waals surface area contributed by atoms with Crippen LogP contribution in [0.1, 0.15) is 28.5 Å². The van der Waals surface area contributed by atoms with Gasteiger partial charge in [0.05, 0.1) is 21.3 Å². The Bertz CT molecular complexity index is 1150. The molecule has 202 valence electrons. The van der Waals surface area contributed by atoms with Gasteiger partial charge in [0.25, 0.3) is 5.91 Å². The van der Waals surface area contributed by atoms with E-state index in [1.807, 2.05) is 6.79 Å². The number of hydrogen-bond acceptors (Lipinski definition) is 5. The largest absolute Gasteiger partial charge is 0.417 e. The van der Waals surface area contributed by atoms with Crippen molar-refractivity contribution in [2.24, 2.45) is 0 Å². The minimum absolute atomic E-state index is 0.242. The van der Waals surface area contributed by atoms with Crippen molar-refractivity contribution >= 4 is 58.9 Å². The molecule has 37 heavy (non-hydrogen) atoms. The maximum atomic E-state index is 12.5. The summed E-state index contributed by atoms with van der Waals surface area (Å²) in [6.45, 7) is 5.52. The van der Waals surface area contributed by atoms with Crippen LogP contribution in [-0.2, 0) is 11.0 Å². The molecular weight excluding hydrogens is 554 g/mol. The highest BCUT2D eigenvalue weighted by Gasteiger charge is 2.32. The minimum Gasteiger partial charge on any atom is -0.397 e. The summed E-state index contributed by atoms with van der Waals surface area (Å²) in [7, 11) is 3.38. The van der Waals surface area contributed by atoms with Crippen LogP contribution < -0.4 is 10.2 Å². The first-order valence-corrected chi connectivity index (χ1v) is 11.6. The molecule has 6 nitrogen and oxygen atoms in total. The molecule has 0 unspecified atom stereocenters. The van der Waals surface area contributed by atoms with Crippen LogP contribution in [0.4, 0.5) is 24.5 Å². The van der Waals surface area contributed by atoms with Crippen LogP contribution in [0.3, 0.4) is 0 Å². The SMILES string of the molecule is C=O.CCO.CNc1cc(Cl)cnc1C(=O)N(C)c1cccc(Cl)c1.Cc1ccc(Cl)c(C(F)(F)F)c1. The number of amides is 1. The molecule has 1 aromatic heterocycles. The molecule has 12 heteroatoms. The zero-order chi connectivity index (χ0) is 28.8. The molecule has 0 aliphatic carbocycles. The smallest absolute Gasteiger partial charge is 0.397 e. The van der Waals surface area contributed by atoms with Crippen molar-refractivity contribution in [1.29, 1.82) is 0 Å². The third kappa shape index (κ3) is 11.4. The molecule has 0 fully saturated rings. The predicted octanol–water partition coefficient (Wildman–Crippen LogP) is 7.19. The second-order valence-electron chi connectivity index (χ2n) is 6.94. The number of rotatable bonds is 3. The van der Waals surface area contributed by atoms with Crippen LogP contribution >= 0.6 is 34.8 Å². The van der Waals surface area contributed by atoms with Crippen LogP contribution in [0, 0.1) is 6.92 Å². The third-order valence-corrected chi connectivity index (χ3v) is 5.03. The molecular formula is C25H27Cl3F3N3O3. The molecule has 0 saturated carbocycles. The molecule has 3 aromatic rings. The molecule has 0 spiro atoms. The number of carbonyl (C=O) groups excluding carboxylic acids is 2. The fourth-order valence-corrected chi connectivity index (χ4v) is 3.18.